The van der Waals surface area contributed by atoms with E-state index >= 15 is 0 Å². The van der Waals surface area contributed by atoms with Gasteiger partial charge in [0, 0.05) is 0 Å². The van der Waals surface area contributed by atoms with Crippen LogP contribution in [0.2, 0.25) is 0 Å². The molecule has 0 bridgehead atoms. The number of hydrogen-bond acceptors (Lipinski definition) is 9. The summed E-state index contributed by atoms with van der Waals surface area (Å²) in [6, 6.07) is 0. The van der Waals surface area contributed by atoms with Crippen LogP contribution in [0.3, 0.4) is 0 Å². The highest BCUT2D eigenvalue weighted by Crippen LogP contribution is 2.56. The fourth-order valence-electron chi connectivity index (χ4n) is 3.43. The van der Waals surface area contributed by atoms with Crippen molar-refractivity contribution in [3.05, 3.63) is 12.7 Å². The van der Waals surface area contributed by atoms with Crippen molar-refractivity contribution in [2.45, 2.75) is 50.2 Å². The Bertz CT molecular complexity index is 945. The van der Waals surface area contributed by atoms with E-state index in [-0.39, 0.29) is 5.82 Å². The minimum Gasteiger partial charge on any atom is -0.384 e. The minimum atomic E-state index is -4.00. The summed E-state index contributed by atoms with van der Waals surface area (Å²) >= 11 is 4.47. The summed E-state index contributed by atoms with van der Waals surface area (Å²) in [7, 11) is 0. The van der Waals surface area contributed by atoms with E-state index < -0.39 is 35.9 Å². The van der Waals surface area contributed by atoms with Gasteiger partial charge in [-0.25, -0.2) is 15.0 Å². The van der Waals surface area contributed by atoms with Crippen LogP contribution in [0.15, 0.2) is 12.7 Å². The maximum Gasteiger partial charge on any atom is 0.321 e. The van der Waals surface area contributed by atoms with Crippen molar-refractivity contribution < 1.29 is 29.3 Å². The number of hydrogen-bond donors (Lipinski definition) is 5. The number of ether oxygens (including phenoxy) is 1. The number of fused-ring (bicyclic) bond motifs is 1. The van der Waals surface area contributed by atoms with Crippen LogP contribution < -0.4 is 5.73 Å². The Morgan fingerprint density at radius 1 is 1.19 bits per heavy atom. The van der Waals surface area contributed by atoms with E-state index in [0.29, 0.717) is 11.2 Å². The van der Waals surface area contributed by atoms with E-state index in [1.807, 2.05) is 0 Å². The monoisotopic (exact) mass is 419 g/mol. The number of anilines is 1. The molecule has 11 nitrogen and oxygen atoms in total. The fourth-order valence-corrected chi connectivity index (χ4v) is 4.00. The van der Waals surface area contributed by atoms with Crippen LogP contribution in [-0.4, -0.2) is 62.9 Å². The molecule has 3 rings (SSSR count). The highest BCUT2D eigenvalue weighted by molar-refractivity contribution is 8.06. The average molecular weight is 419 g/mol. The predicted molar refractivity (Wildman–Crippen MR) is 98.8 cm³/mol. The van der Waals surface area contributed by atoms with Crippen LogP contribution in [0.1, 0.15) is 27.7 Å². The molecule has 0 amide bonds. The molecular formula is C14H22N5O6PS. The van der Waals surface area contributed by atoms with Gasteiger partial charge < -0.3 is 35.0 Å². The number of nitrogens with zero attached hydrogens (tertiary/aromatic N) is 4. The summed E-state index contributed by atoms with van der Waals surface area (Å²) in [6.45, 7) is 1.29. The largest absolute Gasteiger partial charge is 0.384 e. The van der Waals surface area contributed by atoms with Gasteiger partial charge in [-0.3, -0.25) is 4.57 Å². The molecule has 27 heavy (non-hydrogen) atoms. The lowest BCUT2D eigenvalue weighted by Crippen LogP contribution is -2.63. The van der Waals surface area contributed by atoms with Crippen LogP contribution in [0.5, 0.6) is 0 Å². The molecule has 3 heterocycles. The number of imidazole rings is 1. The first-order valence-electron chi connectivity index (χ1n) is 7.95. The van der Waals surface area contributed by atoms with E-state index in [2.05, 4.69) is 26.8 Å². The summed E-state index contributed by atoms with van der Waals surface area (Å²) in [5.74, 6) is 0.152. The van der Waals surface area contributed by atoms with Gasteiger partial charge in [-0.2, -0.15) is 0 Å². The highest BCUT2D eigenvalue weighted by atomic mass is 32.5. The SMILES string of the molecule is CC1(O)[C@](C)(n2cnc3c(N)ncnc32)O[C@](C)(COP(O)(O)=S)[C@]1(C)O. The van der Waals surface area contributed by atoms with E-state index in [4.69, 9.17) is 15.0 Å². The fraction of sp³-hybridized carbons (Fsp3) is 0.643. The third-order valence-corrected chi connectivity index (χ3v) is 6.42. The molecule has 0 spiro atoms. The van der Waals surface area contributed by atoms with E-state index in [9.17, 15) is 20.0 Å². The zero-order valence-electron chi connectivity index (χ0n) is 15.2. The molecule has 0 saturated carbocycles. The Hall–Kier alpha value is -1.24. The van der Waals surface area contributed by atoms with Gasteiger partial charge in [0.25, 0.3) is 0 Å². The number of nitrogens with two attached hydrogens (primary N) is 1. The van der Waals surface area contributed by atoms with Crippen LogP contribution in [-0.2, 0) is 26.8 Å². The molecule has 0 aromatic carbocycles. The molecule has 13 heteroatoms. The van der Waals surface area contributed by atoms with Crippen molar-refractivity contribution >= 4 is 35.5 Å². The third kappa shape index (κ3) is 2.79. The van der Waals surface area contributed by atoms with Crippen molar-refractivity contribution in [3.8, 4) is 0 Å². The van der Waals surface area contributed by atoms with Gasteiger partial charge in [-0.15, -0.1) is 0 Å². The molecule has 1 saturated heterocycles. The zero-order chi connectivity index (χ0) is 20.5. The molecule has 1 aliphatic rings. The standard InChI is InChI=1S/C14H22N5O6PS/c1-11(5-24-26(22,23)27)12(2,20)13(3,21)14(4,25-11)19-7-18-8-9(15)16-6-17-10(8)19/h6-7,20-21H,5H2,1-4H3,(H2,15,16,17)(H2,22,23,27)/t11-,12+,13?,14-/m1/s1. The smallest absolute Gasteiger partial charge is 0.321 e. The number of aromatic nitrogens is 4. The topological polar surface area (TPSA) is 169 Å². The molecule has 2 aromatic heterocycles. The van der Waals surface area contributed by atoms with Gasteiger partial charge in [0.05, 0.1) is 12.9 Å². The molecule has 1 unspecified atom stereocenters. The normalized spacial score (nSPS) is 37.2. The first-order chi connectivity index (χ1) is 12.2. The van der Waals surface area contributed by atoms with E-state index in [1.54, 1.807) is 6.92 Å². The Labute approximate surface area is 160 Å². The number of rotatable bonds is 4. The first-order valence-corrected chi connectivity index (χ1v) is 10.6. The summed E-state index contributed by atoms with van der Waals surface area (Å²) in [5, 5.41) is 22.5. The quantitative estimate of drug-likeness (QED) is 0.409. The summed E-state index contributed by atoms with van der Waals surface area (Å²) in [6.07, 6.45) is 2.62. The van der Waals surface area contributed by atoms with Crippen molar-refractivity contribution in [2.75, 3.05) is 12.3 Å². The maximum atomic E-state index is 11.3. The Balaban J connectivity index is 2.14. The van der Waals surface area contributed by atoms with Crippen molar-refractivity contribution in [1.82, 2.24) is 19.5 Å². The van der Waals surface area contributed by atoms with Crippen molar-refractivity contribution in [1.29, 1.82) is 0 Å². The molecule has 4 atom stereocenters. The summed E-state index contributed by atoms with van der Waals surface area (Å²) < 4.78 is 12.5. The van der Waals surface area contributed by atoms with E-state index in [0.717, 1.165) is 0 Å². The van der Waals surface area contributed by atoms with Crippen molar-refractivity contribution in [3.63, 3.8) is 0 Å². The lowest BCUT2D eigenvalue weighted by Gasteiger charge is -2.42. The third-order valence-electron chi connectivity index (χ3n) is 5.63. The van der Waals surface area contributed by atoms with Gasteiger partial charge in [-0.05, 0) is 39.5 Å². The molecule has 6 N–H and O–H groups in total. The number of aliphatic hydroxyl groups is 2. The van der Waals surface area contributed by atoms with Gasteiger partial charge in [-0.1, -0.05) is 0 Å². The predicted octanol–water partition coefficient (Wildman–Crippen LogP) is -0.402. The lowest BCUT2D eigenvalue weighted by atomic mass is 9.73. The molecule has 0 radical (unpaired) electrons. The second kappa shape index (κ2) is 5.88. The molecule has 1 aliphatic heterocycles. The average Bonchev–Trinajstić information content (AvgIpc) is 3.01. The Morgan fingerprint density at radius 3 is 2.41 bits per heavy atom. The van der Waals surface area contributed by atoms with Gasteiger partial charge in [0.15, 0.2) is 17.2 Å². The second-order valence-corrected chi connectivity index (χ2v) is 9.94. The summed E-state index contributed by atoms with van der Waals surface area (Å²) in [4.78, 5) is 31.0. The second-order valence-electron chi connectivity index (χ2n) is 7.27. The lowest BCUT2D eigenvalue weighted by molar-refractivity contribution is -0.191. The van der Waals surface area contributed by atoms with Crippen LogP contribution >= 0.6 is 6.72 Å². The molecule has 2 aromatic rings. The van der Waals surface area contributed by atoms with Crippen molar-refractivity contribution in [2.24, 2.45) is 0 Å². The highest BCUT2D eigenvalue weighted by Gasteiger charge is 2.73. The van der Waals surface area contributed by atoms with Gasteiger partial charge in [0.1, 0.15) is 28.6 Å². The minimum absolute atomic E-state index is 0.152. The Morgan fingerprint density at radius 2 is 1.81 bits per heavy atom. The van der Waals surface area contributed by atoms with Crippen LogP contribution in [0.4, 0.5) is 5.82 Å². The molecule has 0 aliphatic carbocycles. The van der Waals surface area contributed by atoms with E-state index in [1.165, 1.54) is 38.0 Å². The Kier molecular flexibility index (Phi) is 4.46. The van der Waals surface area contributed by atoms with Gasteiger partial charge in [0.2, 0.25) is 0 Å². The summed E-state index contributed by atoms with van der Waals surface area (Å²) in [5.41, 5.74) is -0.496. The molecule has 1 fully saturated rings. The van der Waals surface area contributed by atoms with Gasteiger partial charge >= 0.3 is 6.72 Å². The first kappa shape index (κ1) is 20.5. The molecular weight excluding hydrogens is 397 g/mol. The maximum absolute atomic E-state index is 11.3. The van der Waals surface area contributed by atoms with Crippen LogP contribution in [0, 0.1) is 0 Å². The zero-order valence-corrected chi connectivity index (χ0v) is 16.9. The molecule has 150 valence electrons. The number of nitrogen functional groups attached to an aromatic ring is 1. The van der Waals surface area contributed by atoms with Crippen LogP contribution in [0.25, 0.3) is 11.2 Å².